The quantitative estimate of drug-likeness (QED) is 0.919. The first-order valence-corrected chi connectivity index (χ1v) is 7.24. The summed E-state index contributed by atoms with van der Waals surface area (Å²) in [5, 5.41) is 9.11. The van der Waals surface area contributed by atoms with Gasteiger partial charge in [-0.3, -0.25) is 4.90 Å². The highest BCUT2D eigenvalue weighted by atomic mass is 19.1. The van der Waals surface area contributed by atoms with Crippen molar-refractivity contribution in [1.29, 1.82) is 5.26 Å². The van der Waals surface area contributed by atoms with Crippen LogP contribution in [-0.4, -0.2) is 24.5 Å². The zero-order chi connectivity index (χ0) is 14.5. The zero-order valence-corrected chi connectivity index (χ0v) is 12.0. The highest BCUT2D eigenvalue weighted by Crippen LogP contribution is 2.28. The minimum Gasteiger partial charge on any atom is -0.330 e. The van der Waals surface area contributed by atoms with Crippen LogP contribution in [0.3, 0.4) is 0 Å². The summed E-state index contributed by atoms with van der Waals surface area (Å²) < 4.78 is 13.2. The molecule has 0 aromatic heterocycles. The molecule has 4 heteroatoms. The average Bonchev–Trinajstić information content (AvgIpc) is 2.48. The molecule has 1 aliphatic rings. The number of benzene rings is 1. The van der Waals surface area contributed by atoms with Gasteiger partial charge in [-0.25, -0.2) is 4.39 Å². The Kier molecular flexibility index (Phi) is 5.11. The lowest BCUT2D eigenvalue weighted by Gasteiger charge is -2.37. The lowest BCUT2D eigenvalue weighted by molar-refractivity contribution is 0.127. The molecule has 0 saturated heterocycles. The minimum absolute atomic E-state index is 0.356. The van der Waals surface area contributed by atoms with Crippen molar-refractivity contribution >= 4 is 0 Å². The van der Waals surface area contributed by atoms with E-state index in [9.17, 15) is 4.39 Å². The molecule has 1 aliphatic carbocycles. The van der Waals surface area contributed by atoms with Crippen LogP contribution in [0.25, 0.3) is 0 Å². The molecule has 2 rings (SSSR count). The maximum atomic E-state index is 13.2. The minimum atomic E-state index is -0.356. The number of halogens is 1. The van der Waals surface area contributed by atoms with Crippen molar-refractivity contribution in [3.8, 4) is 6.07 Å². The molecule has 1 fully saturated rings. The van der Waals surface area contributed by atoms with Crippen LogP contribution in [0.1, 0.15) is 36.8 Å². The van der Waals surface area contributed by atoms with Crippen LogP contribution in [0, 0.1) is 23.1 Å². The van der Waals surface area contributed by atoms with Gasteiger partial charge < -0.3 is 5.73 Å². The van der Waals surface area contributed by atoms with Gasteiger partial charge in [0.1, 0.15) is 5.82 Å². The molecule has 3 nitrogen and oxygen atoms in total. The van der Waals surface area contributed by atoms with Gasteiger partial charge in [0.25, 0.3) is 0 Å². The van der Waals surface area contributed by atoms with Gasteiger partial charge in [-0.2, -0.15) is 5.26 Å². The van der Waals surface area contributed by atoms with Crippen LogP contribution in [0.4, 0.5) is 4.39 Å². The number of rotatable bonds is 4. The van der Waals surface area contributed by atoms with E-state index in [0.717, 1.165) is 12.0 Å². The van der Waals surface area contributed by atoms with Gasteiger partial charge in [0.15, 0.2) is 0 Å². The molecule has 0 bridgehead atoms. The van der Waals surface area contributed by atoms with Crippen molar-refractivity contribution in [3.63, 3.8) is 0 Å². The van der Waals surface area contributed by atoms with E-state index in [1.807, 2.05) is 0 Å². The van der Waals surface area contributed by atoms with Gasteiger partial charge in [0.2, 0.25) is 0 Å². The predicted octanol–water partition coefficient (Wildman–Crippen LogP) is 2.65. The van der Waals surface area contributed by atoms with E-state index in [2.05, 4.69) is 18.0 Å². The molecule has 2 unspecified atom stereocenters. The second kappa shape index (κ2) is 6.83. The Bertz CT molecular complexity index is 495. The SMILES string of the molecule is CN(Cc1ccc(F)cc1C#N)C1CCCCC1CN. The van der Waals surface area contributed by atoms with Crippen molar-refractivity contribution in [2.45, 2.75) is 38.3 Å². The third-order valence-corrected chi connectivity index (χ3v) is 4.35. The molecule has 108 valence electrons. The fraction of sp³-hybridized carbons (Fsp3) is 0.562. The van der Waals surface area contributed by atoms with E-state index < -0.39 is 0 Å². The Morgan fingerprint density at radius 2 is 2.15 bits per heavy atom. The van der Waals surface area contributed by atoms with Crippen molar-refractivity contribution in [1.82, 2.24) is 4.90 Å². The fourth-order valence-electron chi connectivity index (χ4n) is 3.22. The second-order valence-electron chi connectivity index (χ2n) is 5.68. The smallest absolute Gasteiger partial charge is 0.124 e. The molecule has 0 amide bonds. The summed E-state index contributed by atoms with van der Waals surface area (Å²) in [5.41, 5.74) is 7.19. The molecular formula is C16H22FN3. The standard InChI is InChI=1S/C16H22FN3/c1-20(16-5-3-2-4-12(16)9-18)11-13-6-7-15(17)8-14(13)10-19/h6-8,12,16H,2-5,9,11,18H2,1H3. The van der Waals surface area contributed by atoms with E-state index >= 15 is 0 Å². The Balaban J connectivity index is 2.11. The highest BCUT2D eigenvalue weighted by Gasteiger charge is 2.27. The number of hydrogen-bond donors (Lipinski definition) is 1. The third-order valence-electron chi connectivity index (χ3n) is 4.35. The third kappa shape index (κ3) is 3.36. The van der Waals surface area contributed by atoms with Crippen LogP contribution in [0.2, 0.25) is 0 Å². The molecule has 0 spiro atoms. The molecule has 0 aliphatic heterocycles. The van der Waals surface area contributed by atoms with E-state index in [4.69, 9.17) is 11.0 Å². The Morgan fingerprint density at radius 3 is 2.85 bits per heavy atom. The van der Waals surface area contributed by atoms with E-state index in [1.165, 1.54) is 31.4 Å². The fourth-order valence-corrected chi connectivity index (χ4v) is 3.22. The van der Waals surface area contributed by atoms with Gasteiger partial charge in [0, 0.05) is 12.6 Å². The summed E-state index contributed by atoms with van der Waals surface area (Å²) in [7, 11) is 2.07. The highest BCUT2D eigenvalue weighted by molar-refractivity contribution is 5.37. The summed E-state index contributed by atoms with van der Waals surface area (Å²) >= 11 is 0. The first-order chi connectivity index (χ1) is 9.65. The maximum Gasteiger partial charge on any atom is 0.124 e. The van der Waals surface area contributed by atoms with Crippen molar-refractivity contribution in [2.75, 3.05) is 13.6 Å². The summed E-state index contributed by atoms with van der Waals surface area (Å²) in [6, 6.07) is 6.99. The molecular weight excluding hydrogens is 253 g/mol. The van der Waals surface area contributed by atoms with Gasteiger partial charge in [-0.1, -0.05) is 18.9 Å². The van der Waals surface area contributed by atoms with Crippen LogP contribution >= 0.6 is 0 Å². The molecule has 1 aromatic carbocycles. The summed E-state index contributed by atoms with van der Waals surface area (Å²) in [6.45, 7) is 1.38. The molecule has 20 heavy (non-hydrogen) atoms. The van der Waals surface area contributed by atoms with E-state index in [-0.39, 0.29) is 5.82 Å². The number of nitrogens with two attached hydrogens (primary N) is 1. The molecule has 1 saturated carbocycles. The monoisotopic (exact) mass is 275 g/mol. The largest absolute Gasteiger partial charge is 0.330 e. The topological polar surface area (TPSA) is 53.0 Å². The lowest BCUT2D eigenvalue weighted by Crippen LogP contribution is -2.42. The second-order valence-corrected chi connectivity index (χ2v) is 5.68. The van der Waals surface area contributed by atoms with Crippen molar-refractivity contribution in [2.24, 2.45) is 11.7 Å². The van der Waals surface area contributed by atoms with Gasteiger partial charge in [-0.15, -0.1) is 0 Å². The van der Waals surface area contributed by atoms with E-state index in [1.54, 1.807) is 6.07 Å². The first-order valence-electron chi connectivity index (χ1n) is 7.24. The summed E-state index contributed by atoms with van der Waals surface area (Å²) in [6.07, 6.45) is 4.83. The summed E-state index contributed by atoms with van der Waals surface area (Å²) in [4.78, 5) is 2.27. The number of nitrogens with zero attached hydrogens (tertiary/aromatic N) is 2. The zero-order valence-electron chi connectivity index (χ0n) is 12.0. The van der Waals surface area contributed by atoms with Crippen molar-refractivity contribution in [3.05, 3.63) is 35.1 Å². The van der Waals surface area contributed by atoms with Gasteiger partial charge >= 0.3 is 0 Å². The van der Waals surface area contributed by atoms with Crippen LogP contribution in [-0.2, 0) is 6.54 Å². The van der Waals surface area contributed by atoms with E-state index in [0.29, 0.717) is 30.6 Å². The van der Waals surface area contributed by atoms with Gasteiger partial charge in [0.05, 0.1) is 11.6 Å². The Hall–Kier alpha value is -1.44. The van der Waals surface area contributed by atoms with Crippen LogP contribution < -0.4 is 5.73 Å². The van der Waals surface area contributed by atoms with Crippen LogP contribution in [0.15, 0.2) is 18.2 Å². The maximum absolute atomic E-state index is 13.2. The average molecular weight is 275 g/mol. The molecule has 2 N–H and O–H groups in total. The normalized spacial score (nSPS) is 22.8. The number of hydrogen-bond acceptors (Lipinski definition) is 3. The van der Waals surface area contributed by atoms with Gasteiger partial charge in [-0.05, 0) is 50.0 Å². The Labute approximate surface area is 120 Å². The number of nitriles is 1. The molecule has 0 heterocycles. The Morgan fingerprint density at radius 1 is 1.40 bits per heavy atom. The summed E-state index contributed by atoms with van der Waals surface area (Å²) in [5.74, 6) is 0.171. The van der Waals surface area contributed by atoms with Crippen LogP contribution in [0.5, 0.6) is 0 Å². The molecule has 1 aromatic rings. The lowest BCUT2D eigenvalue weighted by atomic mass is 9.83. The predicted molar refractivity (Wildman–Crippen MR) is 77.4 cm³/mol. The molecule has 0 radical (unpaired) electrons. The van der Waals surface area contributed by atoms with Crippen molar-refractivity contribution < 1.29 is 4.39 Å². The first kappa shape index (κ1) is 15.0. The molecule has 2 atom stereocenters.